The minimum absolute atomic E-state index is 0.0680. The summed E-state index contributed by atoms with van der Waals surface area (Å²) >= 11 is 3.34. The second kappa shape index (κ2) is 8.19. The van der Waals surface area contributed by atoms with Gasteiger partial charge in [0.05, 0.1) is 7.11 Å². The number of halogens is 1. The monoisotopic (exact) mass is 376 g/mol. The minimum atomic E-state index is -0.248. The topological polar surface area (TPSA) is 88.7 Å². The van der Waals surface area contributed by atoms with Crippen LogP contribution in [-0.4, -0.2) is 25.5 Å². The van der Waals surface area contributed by atoms with E-state index >= 15 is 0 Å². The molecule has 0 aliphatic carbocycles. The minimum Gasteiger partial charge on any atom is -0.497 e. The zero-order valence-corrected chi connectivity index (χ0v) is 14.1. The quantitative estimate of drug-likeness (QED) is 0.552. The zero-order valence-electron chi connectivity index (χ0n) is 12.5. The van der Waals surface area contributed by atoms with Gasteiger partial charge in [-0.05, 0) is 42.5 Å². The maximum Gasteiger partial charge on any atom is 0.246 e. The molecule has 2 aromatic carbocycles. The summed E-state index contributed by atoms with van der Waals surface area (Å²) in [5.41, 5.74) is 7.22. The van der Waals surface area contributed by atoms with Crippen LogP contribution >= 0.6 is 15.9 Å². The van der Waals surface area contributed by atoms with Crippen LogP contribution in [0, 0.1) is 0 Å². The van der Waals surface area contributed by atoms with E-state index in [1.807, 2.05) is 24.3 Å². The summed E-state index contributed by atoms with van der Waals surface area (Å²) in [6.07, 6.45) is 0. The molecule has 0 saturated heterocycles. The maximum absolute atomic E-state index is 11.8. The Morgan fingerprint density at radius 2 is 1.91 bits per heavy atom. The van der Waals surface area contributed by atoms with Crippen LogP contribution in [0.5, 0.6) is 5.75 Å². The number of nitrogens with two attached hydrogens (primary N) is 1. The Balaban J connectivity index is 1.86. The summed E-state index contributed by atoms with van der Waals surface area (Å²) in [6.45, 7) is -0.0680. The van der Waals surface area contributed by atoms with E-state index in [1.165, 1.54) is 0 Å². The van der Waals surface area contributed by atoms with E-state index in [0.29, 0.717) is 5.69 Å². The van der Waals surface area contributed by atoms with Crippen molar-refractivity contribution in [1.29, 1.82) is 0 Å². The van der Waals surface area contributed by atoms with Gasteiger partial charge in [-0.15, -0.1) is 0 Å². The van der Waals surface area contributed by atoms with Crippen molar-refractivity contribution >= 4 is 39.2 Å². The lowest BCUT2D eigenvalue weighted by Crippen LogP contribution is -2.25. The third-order valence-electron chi connectivity index (χ3n) is 2.86. The van der Waals surface area contributed by atoms with Gasteiger partial charge in [-0.3, -0.25) is 4.79 Å². The highest BCUT2D eigenvalue weighted by molar-refractivity contribution is 9.10. The molecule has 1 amide bonds. The van der Waals surface area contributed by atoms with Crippen molar-refractivity contribution in [3.05, 3.63) is 53.0 Å². The first kappa shape index (κ1) is 16.8. The van der Waals surface area contributed by atoms with Crippen molar-refractivity contribution in [2.75, 3.05) is 24.3 Å². The van der Waals surface area contributed by atoms with E-state index in [4.69, 9.17) is 10.5 Å². The van der Waals surface area contributed by atoms with E-state index in [9.17, 15) is 4.79 Å². The number of benzene rings is 2. The number of methoxy groups -OCH3 is 1. The molecule has 0 saturated carbocycles. The van der Waals surface area contributed by atoms with Gasteiger partial charge in [-0.1, -0.05) is 22.0 Å². The number of guanidine groups is 1. The molecule has 0 heterocycles. The molecule has 0 unspecified atom stereocenters. The first-order valence-electron chi connectivity index (χ1n) is 6.83. The molecule has 6 nitrogen and oxygen atoms in total. The molecule has 0 atom stereocenters. The number of nitrogens with one attached hydrogen (secondary N) is 2. The summed E-state index contributed by atoms with van der Waals surface area (Å²) in [6, 6.07) is 14.5. The van der Waals surface area contributed by atoms with Crippen LogP contribution in [0.2, 0.25) is 0 Å². The highest BCUT2D eigenvalue weighted by Crippen LogP contribution is 2.16. The summed E-state index contributed by atoms with van der Waals surface area (Å²) in [5, 5.41) is 5.65. The number of carbonyl (C=O) groups is 1. The largest absolute Gasteiger partial charge is 0.497 e. The number of aliphatic imine (C=N–C) groups is 1. The first-order valence-corrected chi connectivity index (χ1v) is 7.62. The summed E-state index contributed by atoms with van der Waals surface area (Å²) in [5.74, 6) is 0.668. The van der Waals surface area contributed by atoms with E-state index in [1.54, 1.807) is 31.4 Å². The molecule has 2 rings (SSSR count). The lowest BCUT2D eigenvalue weighted by Gasteiger charge is -2.07. The molecule has 0 aromatic heterocycles. The fourth-order valence-corrected chi connectivity index (χ4v) is 2.18. The van der Waals surface area contributed by atoms with Gasteiger partial charge in [0.25, 0.3) is 0 Å². The Morgan fingerprint density at radius 3 is 2.57 bits per heavy atom. The number of ether oxygens (including phenoxy) is 1. The standard InChI is InChI=1S/C16H17BrN4O2/c1-23-14-7-5-12(6-8-14)21-16(18)19-10-15(22)20-13-4-2-3-11(17)9-13/h2-9H,10H2,1H3,(H,20,22)(H3,18,19,21). The number of rotatable bonds is 5. The van der Waals surface area contributed by atoms with E-state index in [-0.39, 0.29) is 18.4 Å². The number of nitrogens with zero attached hydrogens (tertiary/aromatic N) is 1. The van der Waals surface area contributed by atoms with Crippen molar-refractivity contribution in [1.82, 2.24) is 0 Å². The Kier molecular flexibility index (Phi) is 5.99. The molecule has 0 fully saturated rings. The molecular weight excluding hydrogens is 360 g/mol. The maximum atomic E-state index is 11.8. The third kappa shape index (κ3) is 5.63. The lowest BCUT2D eigenvalue weighted by molar-refractivity contribution is -0.114. The average Bonchev–Trinajstić information content (AvgIpc) is 2.54. The van der Waals surface area contributed by atoms with Crippen LogP contribution in [0.15, 0.2) is 58.0 Å². The predicted molar refractivity (Wildman–Crippen MR) is 95.9 cm³/mol. The second-order valence-corrected chi connectivity index (χ2v) is 5.53. The zero-order chi connectivity index (χ0) is 16.7. The van der Waals surface area contributed by atoms with Crippen LogP contribution in [0.4, 0.5) is 11.4 Å². The van der Waals surface area contributed by atoms with Crippen LogP contribution < -0.4 is 21.1 Å². The van der Waals surface area contributed by atoms with Crippen LogP contribution in [0.1, 0.15) is 0 Å². The fraction of sp³-hybridized carbons (Fsp3) is 0.125. The Bertz CT molecular complexity index is 701. The molecule has 0 aliphatic rings. The SMILES string of the molecule is COc1ccc(NC(N)=NCC(=O)Nc2cccc(Br)c2)cc1. The van der Waals surface area contributed by atoms with E-state index in [0.717, 1.165) is 15.9 Å². The molecule has 7 heteroatoms. The number of amides is 1. The molecule has 23 heavy (non-hydrogen) atoms. The van der Waals surface area contributed by atoms with Crippen molar-refractivity contribution < 1.29 is 9.53 Å². The van der Waals surface area contributed by atoms with Crippen molar-refractivity contribution in [2.45, 2.75) is 0 Å². The number of hydrogen-bond donors (Lipinski definition) is 3. The van der Waals surface area contributed by atoms with Gasteiger partial charge >= 0.3 is 0 Å². The number of carbonyl (C=O) groups excluding carboxylic acids is 1. The molecule has 0 bridgehead atoms. The summed E-state index contributed by atoms with van der Waals surface area (Å²) < 4.78 is 5.96. The lowest BCUT2D eigenvalue weighted by atomic mass is 10.3. The van der Waals surface area contributed by atoms with Crippen molar-refractivity contribution in [3.63, 3.8) is 0 Å². The normalized spacial score (nSPS) is 11.0. The van der Waals surface area contributed by atoms with Gasteiger partial charge < -0.3 is 21.1 Å². The van der Waals surface area contributed by atoms with Gasteiger partial charge in [0.1, 0.15) is 12.3 Å². The highest BCUT2D eigenvalue weighted by atomic mass is 79.9. The Hall–Kier alpha value is -2.54. The van der Waals surface area contributed by atoms with Crippen LogP contribution in [-0.2, 0) is 4.79 Å². The molecule has 0 aliphatic heterocycles. The van der Waals surface area contributed by atoms with E-state index in [2.05, 4.69) is 31.6 Å². The predicted octanol–water partition coefficient (Wildman–Crippen LogP) is 2.82. The molecule has 0 spiro atoms. The van der Waals surface area contributed by atoms with Gasteiger partial charge in [-0.2, -0.15) is 0 Å². The van der Waals surface area contributed by atoms with Crippen molar-refractivity contribution in [3.8, 4) is 5.75 Å². The number of hydrogen-bond acceptors (Lipinski definition) is 3. The smallest absolute Gasteiger partial charge is 0.246 e. The molecule has 2 aromatic rings. The Labute approximate surface area is 142 Å². The van der Waals surface area contributed by atoms with Crippen LogP contribution in [0.25, 0.3) is 0 Å². The summed E-state index contributed by atoms with van der Waals surface area (Å²) in [4.78, 5) is 15.8. The third-order valence-corrected chi connectivity index (χ3v) is 3.36. The van der Waals surface area contributed by atoms with E-state index < -0.39 is 0 Å². The van der Waals surface area contributed by atoms with Gasteiger partial charge in [0.15, 0.2) is 5.96 Å². The van der Waals surface area contributed by atoms with Crippen LogP contribution in [0.3, 0.4) is 0 Å². The van der Waals surface area contributed by atoms with Gasteiger partial charge in [0, 0.05) is 15.8 Å². The Morgan fingerprint density at radius 1 is 1.17 bits per heavy atom. The molecular formula is C16H17BrN4O2. The fourth-order valence-electron chi connectivity index (χ4n) is 1.79. The number of anilines is 2. The first-order chi connectivity index (χ1) is 11.1. The summed E-state index contributed by atoms with van der Waals surface area (Å²) in [7, 11) is 1.60. The molecule has 4 N–H and O–H groups in total. The van der Waals surface area contributed by atoms with Crippen molar-refractivity contribution in [2.24, 2.45) is 10.7 Å². The van der Waals surface area contributed by atoms with Gasteiger partial charge in [0.2, 0.25) is 5.91 Å². The van der Waals surface area contributed by atoms with Gasteiger partial charge in [-0.25, -0.2) is 4.99 Å². The average molecular weight is 377 g/mol. The molecule has 120 valence electrons. The second-order valence-electron chi connectivity index (χ2n) is 4.61. The molecule has 0 radical (unpaired) electrons. The highest BCUT2D eigenvalue weighted by Gasteiger charge is 2.02.